The molecule has 0 saturated carbocycles. The van der Waals surface area contributed by atoms with Crippen LogP contribution in [0.25, 0.3) is 0 Å². The predicted octanol–water partition coefficient (Wildman–Crippen LogP) is 1.93. The minimum absolute atomic E-state index is 0.206. The zero-order chi connectivity index (χ0) is 11.4. The van der Waals surface area contributed by atoms with Crippen molar-refractivity contribution in [1.29, 1.82) is 0 Å². The number of hydrogen-bond donors (Lipinski definition) is 2. The molecule has 1 fully saturated rings. The summed E-state index contributed by atoms with van der Waals surface area (Å²) in [5, 5.41) is 3.28. The van der Waals surface area contributed by atoms with E-state index in [0.29, 0.717) is 0 Å². The summed E-state index contributed by atoms with van der Waals surface area (Å²) in [6, 6.07) is 0. The molecule has 1 aromatic heterocycles. The van der Waals surface area contributed by atoms with Crippen LogP contribution in [0.2, 0.25) is 0 Å². The Bertz CT molecular complexity index is 329. The van der Waals surface area contributed by atoms with E-state index in [9.17, 15) is 0 Å². The summed E-state index contributed by atoms with van der Waals surface area (Å²) < 4.78 is 5.86. The molecular formula is C12H21N3O. The van der Waals surface area contributed by atoms with Gasteiger partial charge in [0.1, 0.15) is 11.4 Å². The molecule has 0 radical (unpaired) electrons. The summed E-state index contributed by atoms with van der Waals surface area (Å²) in [5.74, 6) is 0.972. The Hall–Kier alpha value is -0.870. The molecule has 4 heteroatoms. The summed E-state index contributed by atoms with van der Waals surface area (Å²) in [5.41, 5.74) is 0.926. The first-order valence-electron chi connectivity index (χ1n) is 6.13. The van der Waals surface area contributed by atoms with Gasteiger partial charge in [-0.3, -0.25) is 0 Å². The topological polar surface area (TPSA) is 49.9 Å². The van der Waals surface area contributed by atoms with Crippen molar-refractivity contribution in [2.75, 3.05) is 13.2 Å². The average Bonchev–Trinajstić information content (AvgIpc) is 2.77. The SMILES string of the molecule is CCNCc1cnc(C2(C)CCCCO2)[nH]1. The summed E-state index contributed by atoms with van der Waals surface area (Å²) >= 11 is 0. The van der Waals surface area contributed by atoms with Gasteiger partial charge in [0.2, 0.25) is 0 Å². The number of nitrogens with zero attached hydrogens (tertiary/aromatic N) is 1. The van der Waals surface area contributed by atoms with Crippen LogP contribution >= 0.6 is 0 Å². The summed E-state index contributed by atoms with van der Waals surface area (Å²) in [6.45, 7) is 6.90. The molecule has 0 aromatic carbocycles. The molecule has 2 heterocycles. The third kappa shape index (κ3) is 2.44. The number of aromatic amines is 1. The zero-order valence-electron chi connectivity index (χ0n) is 10.2. The van der Waals surface area contributed by atoms with Gasteiger partial charge in [-0.1, -0.05) is 6.92 Å². The van der Waals surface area contributed by atoms with E-state index in [2.05, 4.69) is 29.1 Å². The molecule has 0 amide bonds. The van der Waals surface area contributed by atoms with Gasteiger partial charge < -0.3 is 15.0 Å². The van der Waals surface area contributed by atoms with Gasteiger partial charge >= 0.3 is 0 Å². The lowest BCUT2D eigenvalue weighted by Crippen LogP contribution is -2.31. The van der Waals surface area contributed by atoms with Crippen molar-refractivity contribution in [1.82, 2.24) is 15.3 Å². The van der Waals surface area contributed by atoms with Crippen LogP contribution in [0.1, 0.15) is 44.6 Å². The highest BCUT2D eigenvalue weighted by molar-refractivity contribution is 5.08. The van der Waals surface area contributed by atoms with Crippen LogP contribution in [0.3, 0.4) is 0 Å². The second-order valence-corrected chi connectivity index (χ2v) is 4.57. The molecule has 90 valence electrons. The van der Waals surface area contributed by atoms with Gasteiger partial charge in [-0.2, -0.15) is 0 Å². The van der Waals surface area contributed by atoms with Gasteiger partial charge in [-0.05, 0) is 32.7 Å². The maximum absolute atomic E-state index is 5.86. The zero-order valence-corrected chi connectivity index (χ0v) is 10.2. The van der Waals surface area contributed by atoms with Crippen LogP contribution in [-0.4, -0.2) is 23.1 Å². The van der Waals surface area contributed by atoms with Gasteiger partial charge in [-0.25, -0.2) is 4.98 Å². The first-order valence-corrected chi connectivity index (χ1v) is 6.13. The minimum Gasteiger partial charge on any atom is -0.367 e. The number of hydrogen-bond acceptors (Lipinski definition) is 3. The van der Waals surface area contributed by atoms with Crippen LogP contribution in [0, 0.1) is 0 Å². The molecule has 0 spiro atoms. The maximum atomic E-state index is 5.86. The Kier molecular flexibility index (Phi) is 3.61. The number of ether oxygens (including phenoxy) is 1. The van der Waals surface area contributed by atoms with Crippen LogP contribution < -0.4 is 5.32 Å². The molecule has 0 bridgehead atoms. The van der Waals surface area contributed by atoms with E-state index < -0.39 is 0 Å². The molecule has 2 rings (SSSR count). The third-order valence-corrected chi connectivity index (χ3v) is 3.16. The Balaban J connectivity index is 2.05. The lowest BCUT2D eigenvalue weighted by atomic mass is 9.95. The summed E-state index contributed by atoms with van der Waals surface area (Å²) in [4.78, 5) is 7.80. The van der Waals surface area contributed by atoms with Crippen molar-refractivity contribution < 1.29 is 4.74 Å². The molecular weight excluding hydrogens is 202 g/mol. The highest BCUT2D eigenvalue weighted by atomic mass is 16.5. The van der Waals surface area contributed by atoms with Crippen LogP contribution in [-0.2, 0) is 16.9 Å². The first kappa shape index (κ1) is 11.6. The van der Waals surface area contributed by atoms with E-state index in [1.54, 1.807) is 0 Å². The quantitative estimate of drug-likeness (QED) is 0.820. The standard InChI is InChI=1S/C12H21N3O/c1-3-13-8-10-9-14-11(15-10)12(2)6-4-5-7-16-12/h9,13H,3-8H2,1-2H3,(H,14,15). The molecule has 2 N–H and O–H groups in total. The number of nitrogens with one attached hydrogen (secondary N) is 2. The van der Waals surface area contributed by atoms with E-state index in [1.165, 1.54) is 12.8 Å². The van der Waals surface area contributed by atoms with Crippen molar-refractivity contribution in [2.45, 2.75) is 45.3 Å². The van der Waals surface area contributed by atoms with E-state index in [4.69, 9.17) is 4.74 Å². The first-order chi connectivity index (χ1) is 7.74. The molecule has 1 aromatic rings. The summed E-state index contributed by atoms with van der Waals surface area (Å²) in [7, 11) is 0. The molecule has 1 atom stereocenters. The normalized spacial score (nSPS) is 25.9. The van der Waals surface area contributed by atoms with Crippen molar-refractivity contribution in [3.63, 3.8) is 0 Å². The Morgan fingerprint density at radius 2 is 2.44 bits per heavy atom. The van der Waals surface area contributed by atoms with E-state index in [0.717, 1.165) is 37.6 Å². The highest BCUT2D eigenvalue weighted by Crippen LogP contribution is 2.32. The van der Waals surface area contributed by atoms with Crippen LogP contribution in [0.15, 0.2) is 6.20 Å². The van der Waals surface area contributed by atoms with Crippen LogP contribution in [0.5, 0.6) is 0 Å². The van der Waals surface area contributed by atoms with Crippen molar-refractivity contribution >= 4 is 0 Å². The Morgan fingerprint density at radius 1 is 1.56 bits per heavy atom. The largest absolute Gasteiger partial charge is 0.367 e. The lowest BCUT2D eigenvalue weighted by molar-refractivity contribution is -0.0756. The molecule has 0 aliphatic carbocycles. The molecule has 16 heavy (non-hydrogen) atoms. The van der Waals surface area contributed by atoms with E-state index in [1.807, 2.05) is 6.20 Å². The average molecular weight is 223 g/mol. The fraction of sp³-hybridized carbons (Fsp3) is 0.750. The number of rotatable bonds is 4. The molecule has 1 unspecified atom stereocenters. The molecule has 1 saturated heterocycles. The smallest absolute Gasteiger partial charge is 0.138 e. The van der Waals surface area contributed by atoms with Crippen molar-refractivity contribution in [3.8, 4) is 0 Å². The highest BCUT2D eigenvalue weighted by Gasteiger charge is 2.32. The Labute approximate surface area is 96.8 Å². The van der Waals surface area contributed by atoms with Crippen molar-refractivity contribution in [3.05, 3.63) is 17.7 Å². The van der Waals surface area contributed by atoms with Gasteiger partial charge in [0, 0.05) is 25.0 Å². The Morgan fingerprint density at radius 3 is 3.12 bits per heavy atom. The van der Waals surface area contributed by atoms with Crippen LogP contribution in [0.4, 0.5) is 0 Å². The van der Waals surface area contributed by atoms with Crippen molar-refractivity contribution in [2.24, 2.45) is 0 Å². The monoisotopic (exact) mass is 223 g/mol. The number of aromatic nitrogens is 2. The number of H-pyrrole nitrogens is 1. The second kappa shape index (κ2) is 4.97. The molecule has 1 aliphatic heterocycles. The maximum Gasteiger partial charge on any atom is 0.138 e. The van der Waals surface area contributed by atoms with Gasteiger partial charge in [0.25, 0.3) is 0 Å². The van der Waals surface area contributed by atoms with E-state index in [-0.39, 0.29) is 5.60 Å². The fourth-order valence-corrected chi connectivity index (χ4v) is 2.10. The second-order valence-electron chi connectivity index (χ2n) is 4.57. The third-order valence-electron chi connectivity index (χ3n) is 3.16. The van der Waals surface area contributed by atoms with Gasteiger partial charge in [-0.15, -0.1) is 0 Å². The summed E-state index contributed by atoms with van der Waals surface area (Å²) in [6.07, 6.45) is 5.35. The van der Waals surface area contributed by atoms with Gasteiger partial charge in [0.05, 0.1) is 0 Å². The van der Waals surface area contributed by atoms with Gasteiger partial charge in [0.15, 0.2) is 0 Å². The predicted molar refractivity (Wildman–Crippen MR) is 63.1 cm³/mol. The molecule has 1 aliphatic rings. The molecule has 4 nitrogen and oxygen atoms in total. The minimum atomic E-state index is -0.206. The number of imidazole rings is 1. The van der Waals surface area contributed by atoms with E-state index >= 15 is 0 Å². The fourth-order valence-electron chi connectivity index (χ4n) is 2.10. The lowest BCUT2D eigenvalue weighted by Gasteiger charge is -2.31.